The highest BCUT2D eigenvalue weighted by Gasteiger charge is 2.34. The van der Waals surface area contributed by atoms with Crippen LogP contribution in [0.3, 0.4) is 0 Å². The largest absolute Gasteiger partial charge is 0.378 e. The number of anilines is 1. The van der Waals surface area contributed by atoms with Gasteiger partial charge in [-0.25, -0.2) is 0 Å². The minimum Gasteiger partial charge on any atom is -0.378 e. The van der Waals surface area contributed by atoms with Crippen LogP contribution in [-0.4, -0.2) is 42.8 Å². The van der Waals surface area contributed by atoms with E-state index in [2.05, 4.69) is 10.0 Å². The van der Waals surface area contributed by atoms with E-state index in [1.54, 1.807) is 24.3 Å². The summed E-state index contributed by atoms with van der Waals surface area (Å²) < 4.78 is 5.50. The Kier molecular flexibility index (Phi) is 5.40. The number of rotatable bonds is 3. The number of benzene rings is 2. The molecule has 2 aliphatic rings. The van der Waals surface area contributed by atoms with Crippen LogP contribution in [0.15, 0.2) is 59.2 Å². The van der Waals surface area contributed by atoms with Crippen molar-refractivity contribution in [3.8, 4) is 0 Å². The maximum absolute atomic E-state index is 13.4. The Morgan fingerprint density at radius 2 is 1.54 bits per heavy atom. The zero-order chi connectivity index (χ0) is 19.7. The highest BCUT2D eigenvalue weighted by Crippen LogP contribution is 2.32. The van der Waals surface area contributed by atoms with E-state index in [1.807, 2.05) is 31.2 Å². The summed E-state index contributed by atoms with van der Waals surface area (Å²) in [6, 6.07) is 14.6. The summed E-state index contributed by atoms with van der Waals surface area (Å²) >= 11 is 12.1. The number of nitrogens with zero attached hydrogens (tertiary/aromatic N) is 3. The molecule has 2 aromatic carbocycles. The predicted molar refractivity (Wildman–Crippen MR) is 113 cm³/mol. The molecule has 0 spiro atoms. The molecule has 0 radical (unpaired) electrons. The first-order valence-electron chi connectivity index (χ1n) is 9.03. The van der Waals surface area contributed by atoms with Crippen molar-refractivity contribution >= 4 is 46.2 Å². The lowest BCUT2D eigenvalue weighted by Gasteiger charge is -2.32. The fraction of sp³-hybridized carbons (Fsp3) is 0.238. The van der Waals surface area contributed by atoms with Gasteiger partial charge in [-0.15, -0.1) is 0 Å². The first-order chi connectivity index (χ1) is 13.5. The second-order valence-corrected chi connectivity index (χ2v) is 7.48. The van der Waals surface area contributed by atoms with E-state index in [1.165, 1.54) is 5.01 Å². The van der Waals surface area contributed by atoms with E-state index in [-0.39, 0.29) is 5.91 Å². The molecule has 0 bridgehead atoms. The molecule has 0 atom stereocenters. The van der Waals surface area contributed by atoms with Crippen molar-refractivity contribution in [1.29, 1.82) is 0 Å². The summed E-state index contributed by atoms with van der Waals surface area (Å²) in [7, 11) is 0. The molecule has 28 heavy (non-hydrogen) atoms. The summed E-state index contributed by atoms with van der Waals surface area (Å²) in [4.78, 5) is 15.5. The average molecular weight is 416 g/mol. The first kappa shape index (κ1) is 19.0. The van der Waals surface area contributed by atoms with E-state index < -0.39 is 0 Å². The molecule has 2 heterocycles. The molecule has 1 amide bonds. The van der Waals surface area contributed by atoms with Crippen molar-refractivity contribution in [3.63, 3.8) is 0 Å². The minimum absolute atomic E-state index is 0.156. The number of hydrazone groups is 1. The Balaban J connectivity index is 1.81. The number of hydrogen-bond donors (Lipinski definition) is 0. The molecule has 0 saturated carbocycles. The van der Waals surface area contributed by atoms with E-state index in [9.17, 15) is 4.79 Å². The van der Waals surface area contributed by atoms with Crippen LogP contribution < -0.4 is 5.01 Å². The van der Waals surface area contributed by atoms with Crippen molar-refractivity contribution in [1.82, 2.24) is 4.90 Å². The number of hydrogen-bond acceptors (Lipinski definition) is 4. The molecule has 1 saturated heterocycles. The average Bonchev–Trinajstić information content (AvgIpc) is 3.00. The highest BCUT2D eigenvalue weighted by molar-refractivity contribution is 6.34. The topological polar surface area (TPSA) is 45.1 Å². The Labute approximate surface area is 173 Å². The van der Waals surface area contributed by atoms with Crippen molar-refractivity contribution in [2.24, 2.45) is 5.10 Å². The second-order valence-electron chi connectivity index (χ2n) is 6.61. The van der Waals surface area contributed by atoms with Gasteiger partial charge < -0.3 is 9.64 Å². The molecular formula is C21H19Cl2N3O2. The second kappa shape index (κ2) is 7.95. The van der Waals surface area contributed by atoms with Crippen LogP contribution >= 0.6 is 23.2 Å². The van der Waals surface area contributed by atoms with Crippen molar-refractivity contribution in [2.75, 3.05) is 31.3 Å². The van der Waals surface area contributed by atoms with Gasteiger partial charge >= 0.3 is 0 Å². The molecule has 2 aliphatic heterocycles. The van der Waals surface area contributed by atoms with Gasteiger partial charge in [0.15, 0.2) is 0 Å². The number of carbonyl (C=O) groups excluding carboxylic acids is 1. The Morgan fingerprint density at radius 1 is 0.964 bits per heavy atom. The monoisotopic (exact) mass is 415 g/mol. The zero-order valence-corrected chi connectivity index (χ0v) is 16.9. The molecule has 5 nitrogen and oxygen atoms in total. The quantitative estimate of drug-likeness (QED) is 0.695. The van der Waals surface area contributed by atoms with Crippen LogP contribution in [0, 0.1) is 0 Å². The van der Waals surface area contributed by atoms with Gasteiger partial charge in [-0.3, -0.25) is 4.79 Å². The molecule has 0 aromatic heterocycles. The predicted octanol–water partition coefficient (Wildman–Crippen LogP) is 4.46. The fourth-order valence-corrected chi connectivity index (χ4v) is 3.67. The standard InChI is InChI=1S/C21H19Cl2N3O2/c1-14-19(21(27)26(24-14)18-8-6-17(23)7-9-18)20(25-10-12-28-13-11-25)15-2-4-16(22)5-3-15/h2-9H,10-13H2,1H3/b20-19-. The molecule has 1 fully saturated rings. The van der Waals surface area contributed by atoms with E-state index >= 15 is 0 Å². The van der Waals surface area contributed by atoms with Crippen LogP contribution in [0.5, 0.6) is 0 Å². The molecule has 144 valence electrons. The lowest BCUT2D eigenvalue weighted by Crippen LogP contribution is -2.37. The van der Waals surface area contributed by atoms with Gasteiger partial charge in [-0.1, -0.05) is 35.3 Å². The molecule has 0 aliphatic carbocycles. The zero-order valence-electron chi connectivity index (χ0n) is 15.4. The molecule has 7 heteroatoms. The van der Waals surface area contributed by atoms with Crippen LogP contribution in [0.4, 0.5) is 5.69 Å². The molecule has 2 aromatic rings. The normalized spacial score (nSPS) is 19.1. The first-order valence-corrected chi connectivity index (χ1v) is 9.78. The van der Waals surface area contributed by atoms with Gasteiger partial charge in [-0.2, -0.15) is 10.1 Å². The van der Waals surface area contributed by atoms with E-state index in [0.717, 1.165) is 11.3 Å². The third-order valence-electron chi connectivity index (χ3n) is 4.77. The summed E-state index contributed by atoms with van der Waals surface area (Å²) in [5.41, 5.74) is 3.75. The number of ether oxygens (including phenoxy) is 1. The third-order valence-corrected chi connectivity index (χ3v) is 5.27. The summed E-state index contributed by atoms with van der Waals surface area (Å²) in [6.07, 6.45) is 0. The highest BCUT2D eigenvalue weighted by atomic mass is 35.5. The SMILES string of the molecule is CC1=NN(c2ccc(Cl)cc2)C(=O)/C1=C(/c1ccc(Cl)cc1)N1CCOCC1. The van der Waals surface area contributed by atoms with Crippen LogP contribution in [0.25, 0.3) is 5.70 Å². The van der Waals surface area contributed by atoms with Crippen molar-refractivity contribution in [2.45, 2.75) is 6.92 Å². The van der Waals surface area contributed by atoms with Gasteiger partial charge in [0.1, 0.15) is 0 Å². The van der Waals surface area contributed by atoms with Crippen LogP contribution in [0.1, 0.15) is 12.5 Å². The summed E-state index contributed by atoms with van der Waals surface area (Å²) in [6.45, 7) is 4.52. The van der Waals surface area contributed by atoms with Crippen molar-refractivity contribution in [3.05, 3.63) is 69.7 Å². The van der Waals surface area contributed by atoms with Gasteiger partial charge in [-0.05, 0) is 48.9 Å². The van der Waals surface area contributed by atoms with E-state index in [4.69, 9.17) is 27.9 Å². The van der Waals surface area contributed by atoms with E-state index in [0.29, 0.717) is 53.3 Å². The van der Waals surface area contributed by atoms with Crippen LogP contribution in [0.2, 0.25) is 10.0 Å². The molecular weight excluding hydrogens is 397 g/mol. The fourth-order valence-electron chi connectivity index (χ4n) is 3.42. The molecule has 0 unspecified atom stereocenters. The Morgan fingerprint density at radius 3 is 2.14 bits per heavy atom. The number of amides is 1. The van der Waals surface area contributed by atoms with Crippen molar-refractivity contribution < 1.29 is 9.53 Å². The third kappa shape index (κ3) is 3.65. The summed E-state index contributed by atoms with van der Waals surface area (Å²) in [5.74, 6) is -0.156. The number of carbonyl (C=O) groups is 1. The maximum Gasteiger partial charge on any atom is 0.282 e. The molecule has 4 rings (SSSR count). The summed E-state index contributed by atoms with van der Waals surface area (Å²) in [5, 5.41) is 7.22. The van der Waals surface area contributed by atoms with Gasteiger partial charge in [0.25, 0.3) is 5.91 Å². The molecule has 0 N–H and O–H groups in total. The van der Waals surface area contributed by atoms with Gasteiger partial charge in [0.2, 0.25) is 0 Å². The smallest absolute Gasteiger partial charge is 0.282 e. The number of halogens is 2. The minimum atomic E-state index is -0.156. The maximum atomic E-state index is 13.4. The van der Waals surface area contributed by atoms with Gasteiger partial charge in [0.05, 0.1) is 35.9 Å². The van der Waals surface area contributed by atoms with Crippen LogP contribution in [-0.2, 0) is 9.53 Å². The lowest BCUT2D eigenvalue weighted by molar-refractivity contribution is -0.114. The lowest BCUT2D eigenvalue weighted by atomic mass is 10.0. The Bertz CT molecular complexity index is 947. The number of morpholine rings is 1. The van der Waals surface area contributed by atoms with Gasteiger partial charge in [0, 0.05) is 23.1 Å². The Hall–Kier alpha value is -2.34.